The van der Waals surface area contributed by atoms with Crippen LogP contribution in [-0.4, -0.2) is 37.7 Å². The third kappa shape index (κ3) is 2.61. The molecule has 0 spiro atoms. The summed E-state index contributed by atoms with van der Waals surface area (Å²) in [5.41, 5.74) is 2.88. The topological polar surface area (TPSA) is 50.5 Å². The Balaban J connectivity index is 2.09. The van der Waals surface area contributed by atoms with Crippen LogP contribution in [0, 0.1) is 6.92 Å². The average Bonchev–Trinajstić information content (AvgIpc) is 2.66. The quantitative estimate of drug-likeness (QED) is 0.609. The number of rotatable bonds is 3. The molecule has 3 N–H and O–H groups in total. The second-order valence-corrected chi connectivity index (χ2v) is 5.58. The molecule has 16 heavy (non-hydrogen) atoms. The number of likely N-dealkylation sites (N-methyl/N-ethyl adjacent to an activating group) is 1. The molecular formula is C11H19N3OS. The summed E-state index contributed by atoms with van der Waals surface area (Å²) in [4.78, 5) is 4.83. The molecule has 0 aliphatic carbocycles. The number of morpholine rings is 1. The van der Waals surface area contributed by atoms with Crippen molar-refractivity contribution in [3.8, 4) is 0 Å². The molecular weight excluding hydrogens is 222 g/mol. The van der Waals surface area contributed by atoms with Gasteiger partial charge in [-0.15, -0.1) is 11.3 Å². The number of nitrogens with two attached hydrogens (primary N) is 1. The molecule has 4 nitrogen and oxygen atoms in total. The summed E-state index contributed by atoms with van der Waals surface area (Å²) < 4.78 is 5.79. The van der Waals surface area contributed by atoms with E-state index in [1.807, 2.05) is 0 Å². The molecule has 2 atom stereocenters. The van der Waals surface area contributed by atoms with Gasteiger partial charge in [-0.2, -0.15) is 0 Å². The van der Waals surface area contributed by atoms with Gasteiger partial charge in [0, 0.05) is 22.8 Å². The van der Waals surface area contributed by atoms with E-state index in [9.17, 15) is 0 Å². The molecule has 2 rings (SSSR count). The Hall–Kier alpha value is -0.460. The molecule has 1 fully saturated rings. The number of aryl methyl sites for hydroxylation is 1. The molecule has 0 bridgehead atoms. The van der Waals surface area contributed by atoms with Crippen molar-refractivity contribution in [3.05, 3.63) is 21.9 Å². The maximum Gasteiger partial charge on any atom is 0.0917 e. The third-order valence-corrected chi connectivity index (χ3v) is 4.00. The van der Waals surface area contributed by atoms with Crippen LogP contribution in [0.25, 0.3) is 0 Å². The van der Waals surface area contributed by atoms with Crippen molar-refractivity contribution in [1.82, 2.24) is 10.3 Å². The molecule has 5 heteroatoms. The van der Waals surface area contributed by atoms with Crippen LogP contribution in [0.4, 0.5) is 0 Å². The van der Waals surface area contributed by atoms with E-state index in [0.29, 0.717) is 0 Å². The Morgan fingerprint density at radius 1 is 1.62 bits per heavy atom. The van der Waals surface area contributed by atoms with Gasteiger partial charge >= 0.3 is 0 Å². The number of nitrogens with zero attached hydrogens (tertiary/aromatic N) is 1. The minimum absolute atomic E-state index is 0.0986. The number of hydrogen-bond donors (Lipinski definition) is 2. The third-order valence-electron chi connectivity index (χ3n) is 2.92. The van der Waals surface area contributed by atoms with Crippen molar-refractivity contribution in [1.29, 1.82) is 0 Å². The summed E-state index contributed by atoms with van der Waals surface area (Å²) in [5, 5.41) is 0. The Morgan fingerprint density at radius 3 is 3.00 bits per heavy atom. The number of hydrogen-bond acceptors (Lipinski definition) is 5. The number of thiophene rings is 1. The lowest BCUT2D eigenvalue weighted by molar-refractivity contribution is -0.0387. The van der Waals surface area contributed by atoms with E-state index < -0.39 is 0 Å². The van der Waals surface area contributed by atoms with Crippen molar-refractivity contribution in [3.63, 3.8) is 0 Å². The van der Waals surface area contributed by atoms with Crippen LogP contribution in [0.5, 0.6) is 0 Å². The number of hydrazine groups is 1. The van der Waals surface area contributed by atoms with Crippen LogP contribution in [0.3, 0.4) is 0 Å². The fourth-order valence-electron chi connectivity index (χ4n) is 2.01. The summed E-state index contributed by atoms with van der Waals surface area (Å²) in [6.07, 6.45) is 0.141. The van der Waals surface area contributed by atoms with Gasteiger partial charge in [-0.05, 0) is 26.1 Å². The smallest absolute Gasteiger partial charge is 0.0917 e. The van der Waals surface area contributed by atoms with Crippen molar-refractivity contribution in [2.24, 2.45) is 5.84 Å². The molecule has 90 valence electrons. The van der Waals surface area contributed by atoms with Gasteiger partial charge in [0.1, 0.15) is 0 Å². The van der Waals surface area contributed by atoms with E-state index in [-0.39, 0.29) is 12.1 Å². The molecule has 0 radical (unpaired) electrons. The minimum atomic E-state index is 0.0986. The zero-order chi connectivity index (χ0) is 11.5. The fourth-order valence-corrected chi connectivity index (χ4v) is 3.00. The molecule has 1 saturated heterocycles. The van der Waals surface area contributed by atoms with Crippen molar-refractivity contribution < 1.29 is 4.74 Å². The molecule has 2 heterocycles. The first kappa shape index (κ1) is 12.0. The van der Waals surface area contributed by atoms with E-state index in [0.717, 1.165) is 19.7 Å². The lowest BCUT2D eigenvalue weighted by atomic mass is 10.1. The van der Waals surface area contributed by atoms with Crippen LogP contribution in [0.2, 0.25) is 0 Å². The zero-order valence-corrected chi connectivity index (χ0v) is 10.6. The molecule has 0 aromatic carbocycles. The average molecular weight is 241 g/mol. The first-order chi connectivity index (χ1) is 7.70. The monoisotopic (exact) mass is 241 g/mol. The number of ether oxygens (including phenoxy) is 1. The summed E-state index contributed by atoms with van der Waals surface area (Å²) in [7, 11) is 2.11. The fraction of sp³-hybridized carbons (Fsp3) is 0.636. The first-order valence-electron chi connectivity index (χ1n) is 5.53. The molecule has 1 aromatic rings. The highest BCUT2D eigenvalue weighted by atomic mass is 32.1. The standard InChI is InChI=1S/C11H19N3OS/c1-8-3-4-10(16-8)11(13-12)9-7-14(2)5-6-15-9/h3-4,9,11,13H,5-7,12H2,1-2H3. The van der Waals surface area contributed by atoms with Crippen molar-refractivity contribution in [2.45, 2.75) is 19.1 Å². The number of nitrogens with one attached hydrogen (secondary N) is 1. The molecule has 1 aromatic heterocycles. The Morgan fingerprint density at radius 2 is 2.44 bits per heavy atom. The van der Waals surface area contributed by atoms with Crippen LogP contribution < -0.4 is 11.3 Å². The van der Waals surface area contributed by atoms with Gasteiger partial charge in [0.2, 0.25) is 0 Å². The Labute approximate surface area is 100 Å². The molecule has 0 saturated carbocycles. The summed E-state index contributed by atoms with van der Waals surface area (Å²) in [6, 6.07) is 4.35. The minimum Gasteiger partial charge on any atom is -0.373 e. The van der Waals surface area contributed by atoms with Crippen molar-refractivity contribution >= 4 is 11.3 Å². The van der Waals surface area contributed by atoms with Gasteiger partial charge < -0.3 is 9.64 Å². The second-order valence-electron chi connectivity index (χ2n) is 4.26. The Kier molecular flexibility index (Phi) is 3.94. The predicted octanol–water partition coefficient (Wildman–Crippen LogP) is 0.892. The predicted molar refractivity (Wildman–Crippen MR) is 66.4 cm³/mol. The van der Waals surface area contributed by atoms with Gasteiger partial charge in [-0.3, -0.25) is 5.84 Å². The lowest BCUT2D eigenvalue weighted by Crippen LogP contribution is -2.48. The van der Waals surface area contributed by atoms with E-state index in [4.69, 9.17) is 10.6 Å². The highest BCUT2D eigenvalue weighted by Crippen LogP contribution is 2.27. The van der Waals surface area contributed by atoms with Gasteiger partial charge in [0.05, 0.1) is 18.8 Å². The van der Waals surface area contributed by atoms with Crippen molar-refractivity contribution in [2.75, 3.05) is 26.7 Å². The van der Waals surface area contributed by atoms with Gasteiger partial charge in [0.15, 0.2) is 0 Å². The SMILES string of the molecule is Cc1ccc(C(NN)C2CN(C)CCO2)s1. The zero-order valence-electron chi connectivity index (χ0n) is 9.77. The molecule has 1 aliphatic heterocycles. The van der Waals surface area contributed by atoms with E-state index >= 15 is 0 Å². The van der Waals surface area contributed by atoms with Gasteiger partial charge in [-0.25, -0.2) is 5.43 Å². The molecule has 1 aliphatic rings. The van der Waals surface area contributed by atoms with Crippen LogP contribution in [0.15, 0.2) is 12.1 Å². The molecule has 2 unspecified atom stereocenters. The molecule has 0 amide bonds. The highest BCUT2D eigenvalue weighted by Gasteiger charge is 2.28. The maximum atomic E-state index is 5.79. The highest BCUT2D eigenvalue weighted by molar-refractivity contribution is 7.12. The largest absolute Gasteiger partial charge is 0.373 e. The van der Waals surface area contributed by atoms with Crippen LogP contribution >= 0.6 is 11.3 Å². The van der Waals surface area contributed by atoms with Gasteiger partial charge in [0.25, 0.3) is 0 Å². The van der Waals surface area contributed by atoms with E-state index in [1.165, 1.54) is 9.75 Å². The van der Waals surface area contributed by atoms with E-state index in [2.05, 4.69) is 36.4 Å². The summed E-state index contributed by atoms with van der Waals surface area (Å²) in [5.74, 6) is 5.65. The summed E-state index contributed by atoms with van der Waals surface area (Å²) >= 11 is 1.77. The summed E-state index contributed by atoms with van der Waals surface area (Å²) in [6.45, 7) is 4.81. The van der Waals surface area contributed by atoms with Gasteiger partial charge in [-0.1, -0.05) is 0 Å². The lowest BCUT2D eigenvalue weighted by Gasteiger charge is -2.34. The normalized spacial score (nSPS) is 24.6. The van der Waals surface area contributed by atoms with E-state index in [1.54, 1.807) is 11.3 Å². The Bertz CT molecular complexity index is 342. The first-order valence-corrected chi connectivity index (χ1v) is 6.35. The van der Waals surface area contributed by atoms with Crippen LogP contribution in [-0.2, 0) is 4.74 Å². The maximum absolute atomic E-state index is 5.79. The van der Waals surface area contributed by atoms with Crippen LogP contribution in [0.1, 0.15) is 15.8 Å². The second kappa shape index (κ2) is 5.25.